The second-order valence-electron chi connectivity index (χ2n) is 4.88. The van der Waals surface area contributed by atoms with Crippen molar-refractivity contribution in [1.29, 1.82) is 0 Å². The molecule has 0 aliphatic rings. The lowest BCUT2D eigenvalue weighted by Crippen LogP contribution is -2.23. The molecule has 8 nitrogen and oxygen atoms in total. The Morgan fingerprint density at radius 2 is 2.00 bits per heavy atom. The first-order valence-electron chi connectivity index (χ1n) is 6.87. The second kappa shape index (κ2) is 5.84. The van der Waals surface area contributed by atoms with E-state index in [4.69, 9.17) is 0 Å². The molecule has 0 aliphatic heterocycles. The van der Waals surface area contributed by atoms with Gasteiger partial charge in [0, 0.05) is 25.5 Å². The minimum atomic E-state index is -0.408. The van der Waals surface area contributed by atoms with Gasteiger partial charge in [-0.3, -0.25) is 14.2 Å². The largest absolute Gasteiger partial charge is 0.319 e. The van der Waals surface area contributed by atoms with Crippen molar-refractivity contribution in [2.24, 2.45) is 7.05 Å². The summed E-state index contributed by atoms with van der Waals surface area (Å²) in [6, 6.07) is 6.19. The predicted octanol–water partition coefficient (Wildman–Crippen LogP) is 0.922. The SMILES string of the molecule is Cc1nccn1-c1ccc(NC(=O)c2ccc(=O)n(C)n2)cn1. The number of aryl methyl sites for hydroxylation is 2. The van der Waals surface area contributed by atoms with Gasteiger partial charge in [0.15, 0.2) is 0 Å². The van der Waals surface area contributed by atoms with E-state index in [1.54, 1.807) is 24.5 Å². The molecular formula is C15H14N6O2. The molecule has 0 saturated heterocycles. The van der Waals surface area contributed by atoms with Crippen LogP contribution in [0.1, 0.15) is 16.3 Å². The minimum Gasteiger partial charge on any atom is -0.319 e. The molecule has 1 N–H and O–H groups in total. The van der Waals surface area contributed by atoms with E-state index in [0.29, 0.717) is 11.5 Å². The summed E-state index contributed by atoms with van der Waals surface area (Å²) in [7, 11) is 1.49. The number of carbonyl (C=O) groups excluding carboxylic acids is 1. The Hall–Kier alpha value is -3.29. The Labute approximate surface area is 131 Å². The second-order valence-corrected chi connectivity index (χ2v) is 4.88. The number of rotatable bonds is 3. The molecule has 0 aliphatic carbocycles. The van der Waals surface area contributed by atoms with Gasteiger partial charge in [0.2, 0.25) is 0 Å². The molecule has 3 heterocycles. The summed E-state index contributed by atoms with van der Waals surface area (Å²) < 4.78 is 2.94. The first kappa shape index (κ1) is 14.6. The van der Waals surface area contributed by atoms with Crippen LogP contribution in [0.5, 0.6) is 0 Å². The Bertz CT molecular complexity index is 910. The van der Waals surface area contributed by atoms with E-state index in [9.17, 15) is 9.59 Å². The van der Waals surface area contributed by atoms with Gasteiger partial charge in [-0.25, -0.2) is 14.6 Å². The van der Waals surface area contributed by atoms with Crippen LogP contribution in [0.4, 0.5) is 5.69 Å². The van der Waals surface area contributed by atoms with Gasteiger partial charge in [-0.05, 0) is 25.1 Å². The van der Waals surface area contributed by atoms with Crippen LogP contribution in [0.25, 0.3) is 5.82 Å². The third kappa shape index (κ3) is 3.00. The summed E-state index contributed by atoms with van der Waals surface area (Å²) in [6.45, 7) is 1.88. The number of hydrogen-bond acceptors (Lipinski definition) is 5. The molecule has 23 heavy (non-hydrogen) atoms. The number of carbonyl (C=O) groups is 1. The standard InChI is InChI=1S/C15H14N6O2/c1-10-16-7-8-21(10)13-5-3-11(9-17-13)18-15(23)12-4-6-14(22)20(2)19-12/h3-9H,1-2H3,(H,18,23). The molecule has 1 amide bonds. The maximum absolute atomic E-state index is 12.1. The van der Waals surface area contributed by atoms with Crippen molar-refractivity contribution in [3.8, 4) is 5.82 Å². The number of amides is 1. The zero-order chi connectivity index (χ0) is 16.4. The van der Waals surface area contributed by atoms with Crippen LogP contribution >= 0.6 is 0 Å². The van der Waals surface area contributed by atoms with Crippen LogP contribution in [0.15, 0.2) is 47.7 Å². The van der Waals surface area contributed by atoms with Crippen LogP contribution in [0.3, 0.4) is 0 Å². The van der Waals surface area contributed by atoms with Crippen molar-refractivity contribution in [2.75, 3.05) is 5.32 Å². The molecule has 3 rings (SSSR count). The molecule has 0 saturated carbocycles. The number of nitrogens with zero attached hydrogens (tertiary/aromatic N) is 5. The Balaban J connectivity index is 1.78. The average molecular weight is 310 g/mol. The number of pyridine rings is 1. The van der Waals surface area contributed by atoms with Crippen LogP contribution in [0, 0.1) is 6.92 Å². The first-order chi connectivity index (χ1) is 11.0. The monoisotopic (exact) mass is 310 g/mol. The summed E-state index contributed by atoms with van der Waals surface area (Å²) in [5, 5.41) is 6.59. The fourth-order valence-electron chi connectivity index (χ4n) is 2.04. The van der Waals surface area contributed by atoms with Crippen molar-refractivity contribution in [3.05, 3.63) is 64.7 Å². The molecule has 116 valence electrons. The third-order valence-corrected chi connectivity index (χ3v) is 3.27. The molecule has 0 radical (unpaired) electrons. The molecule has 0 spiro atoms. The lowest BCUT2D eigenvalue weighted by molar-refractivity contribution is 0.102. The minimum absolute atomic E-state index is 0.154. The number of imidazole rings is 1. The zero-order valence-corrected chi connectivity index (χ0v) is 12.6. The molecule has 0 unspecified atom stereocenters. The average Bonchev–Trinajstić information content (AvgIpc) is 2.97. The van der Waals surface area contributed by atoms with Crippen LogP contribution in [0.2, 0.25) is 0 Å². The highest BCUT2D eigenvalue weighted by Crippen LogP contribution is 2.12. The normalized spacial score (nSPS) is 10.5. The van der Waals surface area contributed by atoms with E-state index in [1.165, 1.54) is 19.2 Å². The lowest BCUT2D eigenvalue weighted by atomic mass is 10.3. The molecule has 3 aromatic heterocycles. The van der Waals surface area contributed by atoms with E-state index in [0.717, 1.165) is 10.5 Å². The highest BCUT2D eigenvalue weighted by atomic mass is 16.2. The van der Waals surface area contributed by atoms with Crippen molar-refractivity contribution < 1.29 is 4.79 Å². The van der Waals surface area contributed by atoms with Gasteiger partial charge in [0.05, 0.1) is 11.9 Å². The maximum Gasteiger partial charge on any atom is 0.276 e. The van der Waals surface area contributed by atoms with Crippen LogP contribution < -0.4 is 10.9 Å². The topological polar surface area (TPSA) is 94.7 Å². The van der Waals surface area contributed by atoms with Gasteiger partial charge in [0.1, 0.15) is 17.3 Å². The lowest BCUT2D eigenvalue weighted by Gasteiger charge is -2.07. The van der Waals surface area contributed by atoms with E-state index in [2.05, 4.69) is 20.4 Å². The summed E-state index contributed by atoms with van der Waals surface area (Å²) in [5.41, 5.74) is 0.414. The Kier molecular flexibility index (Phi) is 3.71. The number of nitrogens with one attached hydrogen (secondary N) is 1. The highest BCUT2D eigenvalue weighted by molar-refractivity contribution is 6.02. The van der Waals surface area contributed by atoms with Gasteiger partial charge in [-0.15, -0.1) is 0 Å². The molecule has 8 heteroatoms. The maximum atomic E-state index is 12.1. The molecule has 0 bridgehead atoms. The number of aromatic nitrogens is 5. The van der Waals surface area contributed by atoms with Gasteiger partial charge in [0.25, 0.3) is 11.5 Å². The van der Waals surface area contributed by atoms with Gasteiger partial charge >= 0.3 is 0 Å². The van der Waals surface area contributed by atoms with E-state index < -0.39 is 5.91 Å². The molecule has 0 aromatic carbocycles. The smallest absolute Gasteiger partial charge is 0.276 e. The summed E-state index contributed by atoms with van der Waals surface area (Å²) in [4.78, 5) is 31.8. The third-order valence-electron chi connectivity index (χ3n) is 3.27. The summed E-state index contributed by atoms with van der Waals surface area (Å²) >= 11 is 0. The quantitative estimate of drug-likeness (QED) is 0.776. The van der Waals surface area contributed by atoms with Crippen molar-refractivity contribution in [2.45, 2.75) is 6.92 Å². The van der Waals surface area contributed by atoms with Crippen molar-refractivity contribution >= 4 is 11.6 Å². The van der Waals surface area contributed by atoms with E-state index in [-0.39, 0.29) is 11.3 Å². The molecule has 0 fully saturated rings. The molecule has 0 atom stereocenters. The Morgan fingerprint density at radius 3 is 2.61 bits per heavy atom. The van der Waals surface area contributed by atoms with Crippen LogP contribution in [-0.4, -0.2) is 30.2 Å². The van der Waals surface area contributed by atoms with Gasteiger partial charge in [-0.2, -0.15) is 5.10 Å². The Morgan fingerprint density at radius 1 is 1.17 bits per heavy atom. The number of hydrogen-bond donors (Lipinski definition) is 1. The van der Waals surface area contributed by atoms with Gasteiger partial charge < -0.3 is 5.32 Å². The van der Waals surface area contributed by atoms with Crippen molar-refractivity contribution in [3.63, 3.8) is 0 Å². The number of anilines is 1. The van der Waals surface area contributed by atoms with Gasteiger partial charge in [-0.1, -0.05) is 0 Å². The highest BCUT2D eigenvalue weighted by Gasteiger charge is 2.09. The molecule has 3 aromatic rings. The van der Waals surface area contributed by atoms with Crippen molar-refractivity contribution in [1.82, 2.24) is 24.3 Å². The predicted molar refractivity (Wildman–Crippen MR) is 83.5 cm³/mol. The fourth-order valence-corrected chi connectivity index (χ4v) is 2.04. The van der Waals surface area contributed by atoms with E-state index >= 15 is 0 Å². The molecular weight excluding hydrogens is 296 g/mol. The van der Waals surface area contributed by atoms with Crippen LogP contribution in [-0.2, 0) is 7.05 Å². The van der Waals surface area contributed by atoms with E-state index in [1.807, 2.05) is 17.7 Å². The zero-order valence-electron chi connectivity index (χ0n) is 12.6. The fraction of sp³-hybridized carbons (Fsp3) is 0.133. The summed E-state index contributed by atoms with van der Waals surface area (Å²) in [6.07, 6.45) is 5.05. The first-order valence-corrected chi connectivity index (χ1v) is 6.87. The summed E-state index contributed by atoms with van der Waals surface area (Å²) in [5.74, 6) is 1.12.